The molecule has 0 saturated carbocycles. The molecule has 0 saturated heterocycles. The van der Waals surface area contributed by atoms with E-state index in [1.807, 2.05) is 6.92 Å². The Morgan fingerprint density at radius 3 is 2.25 bits per heavy atom. The first kappa shape index (κ1) is 16.5. The molecule has 0 aliphatic carbocycles. The average molecular weight is 292 g/mol. The van der Waals surface area contributed by atoms with Crippen LogP contribution in [0.5, 0.6) is 0 Å². The first-order chi connectivity index (χ1) is 9.24. The second-order valence-corrected chi connectivity index (χ2v) is 4.69. The van der Waals surface area contributed by atoms with Crippen LogP contribution >= 0.6 is 0 Å². The van der Waals surface area contributed by atoms with Gasteiger partial charge in [-0.2, -0.15) is 13.2 Å². The Hall–Kier alpha value is -1.57. The highest BCUT2D eigenvalue weighted by Gasteiger charge is 2.36. The highest BCUT2D eigenvalue weighted by atomic mass is 19.4. The molecule has 0 fully saturated rings. The molecule has 1 rings (SSSR count). The fourth-order valence-electron chi connectivity index (χ4n) is 1.46. The van der Waals surface area contributed by atoms with Gasteiger partial charge in [-0.15, -0.1) is 0 Å². The smallest absolute Gasteiger partial charge is 0.394 e. The van der Waals surface area contributed by atoms with Crippen LogP contribution in [0.25, 0.3) is 0 Å². The number of aliphatic hydroxyl groups excluding tert-OH is 1. The lowest BCUT2D eigenvalue weighted by molar-refractivity contribution is -0.144. The molecular weight excluding hydrogens is 273 g/mol. The normalized spacial score (nSPS) is 14.8. The van der Waals surface area contributed by atoms with Gasteiger partial charge in [-0.25, -0.2) is 9.97 Å². The van der Waals surface area contributed by atoms with Crippen molar-refractivity contribution in [2.45, 2.75) is 38.9 Å². The molecule has 8 heteroatoms. The Kier molecular flexibility index (Phi) is 5.15. The number of rotatable bonds is 6. The molecule has 3 N–H and O–H groups in total. The summed E-state index contributed by atoms with van der Waals surface area (Å²) < 4.78 is 38.3. The largest absolute Gasteiger partial charge is 0.451 e. The summed E-state index contributed by atoms with van der Waals surface area (Å²) >= 11 is 0. The van der Waals surface area contributed by atoms with E-state index in [-0.39, 0.29) is 18.2 Å². The van der Waals surface area contributed by atoms with Crippen molar-refractivity contribution in [3.05, 3.63) is 11.9 Å². The number of hydrogen-bond acceptors (Lipinski definition) is 5. The molecule has 0 spiro atoms. The van der Waals surface area contributed by atoms with E-state index in [0.717, 1.165) is 0 Å². The zero-order chi connectivity index (χ0) is 15.4. The lowest BCUT2D eigenvalue weighted by atomic mass is 10.0. The molecule has 1 atom stereocenters. The lowest BCUT2D eigenvalue weighted by Gasteiger charge is -2.28. The molecule has 0 aliphatic heterocycles. The number of anilines is 2. The second-order valence-electron chi connectivity index (χ2n) is 4.69. The van der Waals surface area contributed by atoms with Crippen molar-refractivity contribution in [1.29, 1.82) is 0 Å². The third-order valence-electron chi connectivity index (χ3n) is 2.90. The molecule has 0 aliphatic rings. The quantitative estimate of drug-likeness (QED) is 0.751. The van der Waals surface area contributed by atoms with Gasteiger partial charge in [-0.3, -0.25) is 0 Å². The molecule has 114 valence electrons. The summed E-state index contributed by atoms with van der Waals surface area (Å²) in [6, 6.07) is 1.39. The van der Waals surface area contributed by atoms with E-state index >= 15 is 0 Å². The predicted octanol–water partition coefficient (Wildman–Crippen LogP) is 2.50. The monoisotopic (exact) mass is 292 g/mol. The van der Waals surface area contributed by atoms with Crippen LogP contribution in [-0.4, -0.2) is 33.8 Å². The van der Waals surface area contributed by atoms with Crippen LogP contribution in [0.15, 0.2) is 6.07 Å². The van der Waals surface area contributed by atoms with Gasteiger partial charge in [0.2, 0.25) is 5.82 Å². The molecule has 0 bridgehead atoms. The van der Waals surface area contributed by atoms with Gasteiger partial charge in [0.05, 0.1) is 12.1 Å². The molecule has 0 radical (unpaired) electrons. The van der Waals surface area contributed by atoms with Crippen LogP contribution in [0.4, 0.5) is 24.8 Å². The highest BCUT2D eigenvalue weighted by Crippen LogP contribution is 2.29. The molecule has 1 unspecified atom stereocenters. The summed E-state index contributed by atoms with van der Waals surface area (Å²) in [5, 5.41) is 14.9. The van der Waals surface area contributed by atoms with E-state index in [2.05, 4.69) is 20.6 Å². The number of aromatic nitrogens is 2. The van der Waals surface area contributed by atoms with Crippen LogP contribution in [-0.2, 0) is 6.18 Å². The van der Waals surface area contributed by atoms with Crippen molar-refractivity contribution in [2.75, 3.05) is 23.8 Å². The molecule has 5 nitrogen and oxygen atoms in total. The standard InChI is InChI=1S/C12H19F3N4O/c1-4-11(3,7-20)19-9-6-8(16-5-2)17-10(18-9)12(13,14)15/h6,20H,4-5,7H2,1-3H3,(H2,16,17,18,19). The van der Waals surface area contributed by atoms with Crippen molar-refractivity contribution in [1.82, 2.24) is 9.97 Å². The van der Waals surface area contributed by atoms with Crippen molar-refractivity contribution >= 4 is 11.6 Å². The van der Waals surface area contributed by atoms with E-state index in [9.17, 15) is 18.3 Å². The fraction of sp³-hybridized carbons (Fsp3) is 0.667. The number of nitrogens with one attached hydrogen (secondary N) is 2. The zero-order valence-corrected chi connectivity index (χ0v) is 11.7. The third-order valence-corrected chi connectivity index (χ3v) is 2.90. The Morgan fingerprint density at radius 2 is 1.80 bits per heavy atom. The maximum absolute atomic E-state index is 12.8. The first-order valence-corrected chi connectivity index (χ1v) is 6.33. The van der Waals surface area contributed by atoms with Gasteiger partial charge in [-0.05, 0) is 20.3 Å². The van der Waals surface area contributed by atoms with Gasteiger partial charge in [0.25, 0.3) is 0 Å². The minimum atomic E-state index is -4.62. The fourth-order valence-corrected chi connectivity index (χ4v) is 1.46. The van der Waals surface area contributed by atoms with Crippen LogP contribution in [0.3, 0.4) is 0 Å². The van der Waals surface area contributed by atoms with Crippen molar-refractivity contribution in [3.8, 4) is 0 Å². The van der Waals surface area contributed by atoms with Gasteiger partial charge in [0, 0.05) is 12.6 Å². The summed E-state index contributed by atoms with van der Waals surface area (Å²) in [7, 11) is 0. The van der Waals surface area contributed by atoms with Crippen LogP contribution in [0.2, 0.25) is 0 Å². The molecule has 20 heavy (non-hydrogen) atoms. The van der Waals surface area contributed by atoms with E-state index in [4.69, 9.17) is 0 Å². The summed E-state index contributed by atoms with van der Waals surface area (Å²) in [6.45, 7) is 5.51. The van der Waals surface area contributed by atoms with E-state index < -0.39 is 17.5 Å². The summed E-state index contributed by atoms with van der Waals surface area (Å²) in [5.74, 6) is -1.09. The van der Waals surface area contributed by atoms with Crippen LogP contribution < -0.4 is 10.6 Å². The van der Waals surface area contributed by atoms with E-state index in [1.165, 1.54) is 6.07 Å². The predicted molar refractivity (Wildman–Crippen MR) is 70.6 cm³/mol. The number of hydrogen-bond donors (Lipinski definition) is 3. The van der Waals surface area contributed by atoms with E-state index in [1.54, 1.807) is 13.8 Å². The van der Waals surface area contributed by atoms with Gasteiger partial charge in [0.1, 0.15) is 11.6 Å². The minimum Gasteiger partial charge on any atom is -0.394 e. The maximum atomic E-state index is 12.8. The first-order valence-electron chi connectivity index (χ1n) is 6.33. The Labute approximate surface area is 115 Å². The Morgan fingerprint density at radius 1 is 1.20 bits per heavy atom. The van der Waals surface area contributed by atoms with Gasteiger partial charge in [0.15, 0.2) is 0 Å². The molecule has 0 amide bonds. The zero-order valence-electron chi connectivity index (χ0n) is 11.7. The minimum absolute atomic E-state index is 0.0293. The SMILES string of the molecule is CCNc1cc(NC(C)(CC)CO)nc(C(F)(F)F)n1. The Bertz CT molecular complexity index is 447. The van der Waals surface area contributed by atoms with Gasteiger partial charge in [-0.1, -0.05) is 6.92 Å². The van der Waals surface area contributed by atoms with Crippen molar-refractivity contribution < 1.29 is 18.3 Å². The number of aliphatic hydroxyl groups is 1. The van der Waals surface area contributed by atoms with Crippen molar-refractivity contribution in [3.63, 3.8) is 0 Å². The molecule has 1 aromatic heterocycles. The summed E-state index contributed by atoms with van der Waals surface area (Å²) in [5.41, 5.74) is -0.735. The second kappa shape index (κ2) is 6.25. The van der Waals surface area contributed by atoms with Gasteiger partial charge < -0.3 is 15.7 Å². The van der Waals surface area contributed by atoms with Crippen LogP contribution in [0, 0.1) is 0 Å². The number of alkyl halides is 3. The Balaban J connectivity index is 3.15. The summed E-state index contributed by atoms with van der Waals surface area (Å²) in [6.07, 6.45) is -4.09. The topological polar surface area (TPSA) is 70.1 Å². The van der Waals surface area contributed by atoms with Crippen LogP contribution in [0.1, 0.15) is 33.0 Å². The molecule has 0 aromatic carbocycles. The van der Waals surface area contributed by atoms with Crippen molar-refractivity contribution in [2.24, 2.45) is 0 Å². The third kappa shape index (κ3) is 4.22. The van der Waals surface area contributed by atoms with Gasteiger partial charge >= 0.3 is 6.18 Å². The number of halogens is 3. The molecule has 1 aromatic rings. The van der Waals surface area contributed by atoms with E-state index in [0.29, 0.717) is 13.0 Å². The number of nitrogens with zero attached hydrogens (tertiary/aromatic N) is 2. The average Bonchev–Trinajstić information content (AvgIpc) is 2.37. The molecule has 1 heterocycles. The highest BCUT2D eigenvalue weighted by molar-refractivity contribution is 5.49. The maximum Gasteiger partial charge on any atom is 0.451 e. The lowest BCUT2D eigenvalue weighted by Crippen LogP contribution is -2.38. The summed E-state index contributed by atoms with van der Waals surface area (Å²) in [4.78, 5) is 6.90. The molecular formula is C12H19F3N4O.